The predicted octanol–water partition coefficient (Wildman–Crippen LogP) is 3.43. The van der Waals surface area contributed by atoms with E-state index in [1.807, 2.05) is 30.3 Å². The first-order valence-electron chi connectivity index (χ1n) is 6.36. The van der Waals surface area contributed by atoms with Gasteiger partial charge in [-0.3, -0.25) is 4.98 Å². The van der Waals surface area contributed by atoms with E-state index in [-0.39, 0.29) is 5.56 Å². The summed E-state index contributed by atoms with van der Waals surface area (Å²) in [5.41, 5.74) is 1.68. The van der Waals surface area contributed by atoms with Crippen LogP contribution in [0, 0.1) is 6.92 Å². The molecule has 0 aliphatic heterocycles. The van der Waals surface area contributed by atoms with Crippen molar-refractivity contribution in [2.45, 2.75) is 6.92 Å². The molecule has 5 nitrogen and oxygen atoms in total. The number of carbonyl (C=O) groups is 1. The summed E-state index contributed by atoms with van der Waals surface area (Å²) in [7, 11) is 0. The Labute approximate surface area is 120 Å². The lowest BCUT2D eigenvalue weighted by Gasteiger charge is -2.08. The van der Waals surface area contributed by atoms with E-state index in [9.17, 15) is 4.79 Å². The molecule has 104 valence electrons. The first-order valence-corrected chi connectivity index (χ1v) is 6.36. The lowest BCUT2D eigenvalue weighted by Crippen LogP contribution is -2.00. The first kappa shape index (κ1) is 13.1. The van der Waals surface area contributed by atoms with Gasteiger partial charge in [0, 0.05) is 17.1 Å². The predicted molar refractivity (Wildman–Crippen MR) is 77.8 cm³/mol. The highest BCUT2D eigenvalue weighted by molar-refractivity contribution is 5.87. The molecule has 0 atom stereocenters. The number of aryl methyl sites for hydroxylation is 1. The number of nitrogens with zero attached hydrogens (tertiary/aromatic N) is 2. The number of pyridine rings is 2. The molecule has 0 fully saturated rings. The summed E-state index contributed by atoms with van der Waals surface area (Å²) in [5, 5.41) is 9.88. The molecule has 5 heteroatoms. The molecule has 1 N–H and O–H groups in total. The Morgan fingerprint density at radius 3 is 2.71 bits per heavy atom. The number of aromatic nitrogens is 2. The molecular weight excluding hydrogens is 268 g/mol. The van der Waals surface area contributed by atoms with Crippen LogP contribution in [0.1, 0.15) is 15.9 Å². The van der Waals surface area contributed by atoms with Crippen molar-refractivity contribution in [3.8, 4) is 11.6 Å². The number of aromatic carboxylic acids is 1. The van der Waals surface area contributed by atoms with Gasteiger partial charge in [0.05, 0.1) is 17.3 Å². The van der Waals surface area contributed by atoms with Crippen LogP contribution in [0.4, 0.5) is 0 Å². The van der Waals surface area contributed by atoms with Crippen LogP contribution in [-0.2, 0) is 0 Å². The van der Waals surface area contributed by atoms with E-state index in [4.69, 9.17) is 9.84 Å². The number of benzene rings is 1. The molecule has 3 aromatic rings. The Hall–Kier alpha value is -2.95. The van der Waals surface area contributed by atoms with E-state index >= 15 is 0 Å². The first-order chi connectivity index (χ1) is 10.1. The summed E-state index contributed by atoms with van der Waals surface area (Å²) >= 11 is 0. The van der Waals surface area contributed by atoms with Crippen LogP contribution in [0.3, 0.4) is 0 Å². The van der Waals surface area contributed by atoms with E-state index in [2.05, 4.69) is 9.97 Å². The van der Waals surface area contributed by atoms with Crippen LogP contribution in [0.5, 0.6) is 11.6 Å². The number of hydrogen-bond acceptors (Lipinski definition) is 4. The quantitative estimate of drug-likeness (QED) is 0.795. The number of fused-ring (bicyclic) bond motifs is 1. The SMILES string of the molecule is Cc1cc(C(=O)O)cnc1Oc1cnc2ccccc2c1. The maximum atomic E-state index is 10.9. The normalized spacial score (nSPS) is 10.5. The van der Waals surface area contributed by atoms with Gasteiger partial charge in [-0.2, -0.15) is 0 Å². The van der Waals surface area contributed by atoms with Gasteiger partial charge in [0.15, 0.2) is 0 Å². The Morgan fingerprint density at radius 2 is 1.95 bits per heavy atom. The summed E-state index contributed by atoms with van der Waals surface area (Å²) in [6, 6.07) is 11.1. The van der Waals surface area contributed by atoms with Crippen molar-refractivity contribution >= 4 is 16.9 Å². The van der Waals surface area contributed by atoms with Crippen LogP contribution < -0.4 is 4.74 Å². The molecule has 1 aromatic carbocycles. The minimum absolute atomic E-state index is 0.136. The molecule has 0 saturated heterocycles. The molecule has 0 saturated carbocycles. The number of para-hydroxylation sites is 1. The van der Waals surface area contributed by atoms with Gasteiger partial charge in [-0.1, -0.05) is 18.2 Å². The smallest absolute Gasteiger partial charge is 0.337 e. The molecule has 2 aromatic heterocycles. The molecule has 0 spiro atoms. The maximum absolute atomic E-state index is 10.9. The van der Waals surface area contributed by atoms with Gasteiger partial charge in [0.25, 0.3) is 0 Å². The lowest BCUT2D eigenvalue weighted by atomic mass is 10.2. The van der Waals surface area contributed by atoms with Gasteiger partial charge in [-0.25, -0.2) is 9.78 Å². The van der Waals surface area contributed by atoms with Crippen molar-refractivity contribution in [3.63, 3.8) is 0 Å². The number of ether oxygens (including phenoxy) is 1. The molecule has 0 bridgehead atoms. The van der Waals surface area contributed by atoms with E-state index in [1.54, 1.807) is 13.1 Å². The maximum Gasteiger partial charge on any atom is 0.337 e. The highest BCUT2D eigenvalue weighted by Gasteiger charge is 2.09. The van der Waals surface area contributed by atoms with Crippen molar-refractivity contribution in [1.82, 2.24) is 9.97 Å². The monoisotopic (exact) mass is 280 g/mol. The summed E-state index contributed by atoms with van der Waals surface area (Å²) < 4.78 is 5.69. The van der Waals surface area contributed by atoms with Gasteiger partial charge < -0.3 is 9.84 Å². The molecule has 0 unspecified atom stereocenters. The van der Waals surface area contributed by atoms with Crippen LogP contribution in [-0.4, -0.2) is 21.0 Å². The van der Waals surface area contributed by atoms with Crippen molar-refractivity contribution in [2.75, 3.05) is 0 Å². The Balaban J connectivity index is 1.93. The Kier molecular flexibility index (Phi) is 3.23. The molecule has 3 rings (SSSR count). The lowest BCUT2D eigenvalue weighted by molar-refractivity contribution is 0.0696. The van der Waals surface area contributed by atoms with E-state index < -0.39 is 5.97 Å². The number of hydrogen-bond donors (Lipinski definition) is 1. The van der Waals surface area contributed by atoms with Crippen molar-refractivity contribution < 1.29 is 14.6 Å². The van der Waals surface area contributed by atoms with E-state index in [0.29, 0.717) is 17.2 Å². The molecule has 21 heavy (non-hydrogen) atoms. The zero-order valence-corrected chi connectivity index (χ0v) is 11.3. The van der Waals surface area contributed by atoms with Gasteiger partial charge in [-0.15, -0.1) is 0 Å². The standard InChI is InChI=1S/C16H12N2O3/c1-10-6-12(16(19)20)8-18-15(10)21-13-7-11-4-2-3-5-14(11)17-9-13/h2-9H,1H3,(H,19,20). The largest absolute Gasteiger partial charge is 0.478 e. The highest BCUT2D eigenvalue weighted by Crippen LogP contribution is 2.25. The third-order valence-corrected chi connectivity index (χ3v) is 3.06. The fourth-order valence-electron chi connectivity index (χ4n) is 2.00. The summed E-state index contributed by atoms with van der Waals surface area (Å²) in [4.78, 5) is 19.2. The number of carboxylic acid groups (broad SMARTS) is 1. The summed E-state index contributed by atoms with van der Waals surface area (Å²) in [6.45, 7) is 1.75. The fourth-order valence-corrected chi connectivity index (χ4v) is 2.00. The zero-order valence-electron chi connectivity index (χ0n) is 11.3. The summed E-state index contributed by atoms with van der Waals surface area (Å²) in [6.07, 6.45) is 2.90. The van der Waals surface area contributed by atoms with Crippen LogP contribution in [0.15, 0.2) is 48.8 Å². The molecule has 0 aliphatic rings. The molecule has 2 heterocycles. The van der Waals surface area contributed by atoms with Gasteiger partial charge in [-0.05, 0) is 25.1 Å². The average molecular weight is 280 g/mol. The molecule has 0 radical (unpaired) electrons. The van der Waals surface area contributed by atoms with E-state index in [0.717, 1.165) is 10.9 Å². The second-order valence-electron chi connectivity index (χ2n) is 4.62. The fraction of sp³-hybridized carbons (Fsp3) is 0.0625. The Bertz CT molecular complexity index is 831. The van der Waals surface area contributed by atoms with Crippen LogP contribution in [0.25, 0.3) is 10.9 Å². The van der Waals surface area contributed by atoms with Crippen LogP contribution >= 0.6 is 0 Å². The number of rotatable bonds is 3. The topological polar surface area (TPSA) is 72.3 Å². The minimum atomic E-state index is -1.01. The van der Waals surface area contributed by atoms with Crippen LogP contribution in [0.2, 0.25) is 0 Å². The second kappa shape index (κ2) is 5.20. The summed E-state index contributed by atoms with van der Waals surface area (Å²) in [5.74, 6) is -0.0750. The third kappa shape index (κ3) is 2.67. The Morgan fingerprint density at radius 1 is 1.14 bits per heavy atom. The van der Waals surface area contributed by atoms with E-state index in [1.165, 1.54) is 12.3 Å². The average Bonchev–Trinajstić information content (AvgIpc) is 2.49. The molecule has 0 aliphatic carbocycles. The second-order valence-corrected chi connectivity index (χ2v) is 4.62. The van der Waals surface area contributed by atoms with Gasteiger partial charge in [0.2, 0.25) is 5.88 Å². The number of carboxylic acids is 1. The minimum Gasteiger partial charge on any atom is -0.478 e. The van der Waals surface area contributed by atoms with Gasteiger partial charge >= 0.3 is 5.97 Å². The highest BCUT2D eigenvalue weighted by atomic mass is 16.5. The molecular formula is C16H12N2O3. The molecule has 0 amide bonds. The van der Waals surface area contributed by atoms with Crippen molar-refractivity contribution in [2.24, 2.45) is 0 Å². The third-order valence-electron chi connectivity index (χ3n) is 3.06. The van der Waals surface area contributed by atoms with Crippen molar-refractivity contribution in [3.05, 3.63) is 59.9 Å². The zero-order chi connectivity index (χ0) is 14.8. The van der Waals surface area contributed by atoms with Gasteiger partial charge in [0.1, 0.15) is 5.75 Å². The van der Waals surface area contributed by atoms with Crippen molar-refractivity contribution in [1.29, 1.82) is 0 Å².